The molecule has 2 rings (SSSR count). The van der Waals surface area contributed by atoms with Crippen LogP contribution >= 0.6 is 0 Å². The number of unbranched alkanes of at least 4 members (excludes halogenated alkanes) is 2. The molecule has 2 aromatic carbocycles. The van der Waals surface area contributed by atoms with Gasteiger partial charge in [0.15, 0.2) is 0 Å². The molecule has 0 aliphatic heterocycles. The quantitative estimate of drug-likeness (QED) is 0.292. The van der Waals surface area contributed by atoms with Crippen LogP contribution in [0.4, 0.5) is 0 Å². The molecule has 4 heteroatoms. The zero-order valence-corrected chi connectivity index (χ0v) is 21.6. The average molecular weight is 465 g/mol. The average Bonchev–Trinajstić information content (AvgIpc) is 2.77. The second kappa shape index (κ2) is 12.1. The topological polar surface area (TPSA) is 66.8 Å². The van der Waals surface area contributed by atoms with Gasteiger partial charge in [0.25, 0.3) is 0 Å². The molecule has 0 atom stereocenters. The highest BCUT2D eigenvalue weighted by molar-refractivity contribution is 5.66. The molecular weight excluding hydrogens is 424 g/mol. The minimum atomic E-state index is -1.01. The van der Waals surface area contributed by atoms with Gasteiger partial charge in [0.05, 0.1) is 6.61 Å². The van der Waals surface area contributed by atoms with Crippen LogP contribution in [0.5, 0.6) is 5.75 Å². The molecule has 2 aromatic rings. The summed E-state index contributed by atoms with van der Waals surface area (Å²) in [6.07, 6.45) is 4.56. The van der Waals surface area contributed by atoms with E-state index in [0.717, 1.165) is 48.1 Å². The number of hydrogen-bond acceptors (Lipinski definition) is 3. The Kier molecular flexibility index (Phi) is 9.77. The fourth-order valence-corrected chi connectivity index (χ4v) is 4.40. The molecule has 0 radical (unpaired) electrons. The first kappa shape index (κ1) is 27.5. The van der Waals surface area contributed by atoms with Crippen molar-refractivity contribution in [2.24, 2.45) is 0 Å². The van der Waals surface area contributed by atoms with Gasteiger partial charge in [-0.1, -0.05) is 50.0 Å². The molecule has 0 saturated heterocycles. The summed E-state index contributed by atoms with van der Waals surface area (Å²) >= 11 is 0. The lowest BCUT2D eigenvalue weighted by atomic mass is 9.70. The van der Waals surface area contributed by atoms with Crippen LogP contribution in [0.2, 0.25) is 0 Å². The predicted molar refractivity (Wildman–Crippen MR) is 138 cm³/mol. The van der Waals surface area contributed by atoms with E-state index in [2.05, 4.69) is 75.9 Å². The molecule has 0 fully saturated rings. The lowest BCUT2D eigenvalue weighted by molar-refractivity contribution is -0.137. The summed E-state index contributed by atoms with van der Waals surface area (Å²) in [5.41, 5.74) is 4.59. The number of rotatable bonds is 11. The highest BCUT2D eigenvalue weighted by Gasteiger charge is 2.31. The van der Waals surface area contributed by atoms with Crippen molar-refractivity contribution in [2.45, 2.75) is 91.1 Å². The number of aliphatic carboxylic acids is 1. The zero-order chi connectivity index (χ0) is 25.4. The van der Waals surface area contributed by atoms with Gasteiger partial charge in [0.1, 0.15) is 11.4 Å². The third kappa shape index (κ3) is 7.37. The normalized spacial score (nSPS) is 11.6. The molecule has 184 valence electrons. The third-order valence-electron chi connectivity index (χ3n) is 6.51. The van der Waals surface area contributed by atoms with E-state index >= 15 is 0 Å². The Balaban J connectivity index is 2.23. The predicted octanol–water partition coefficient (Wildman–Crippen LogP) is 6.56. The number of ether oxygens (including phenoxy) is 1. The highest BCUT2D eigenvalue weighted by Crippen LogP contribution is 2.40. The maximum absolute atomic E-state index is 10.6. The Morgan fingerprint density at radius 1 is 0.941 bits per heavy atom. The minimum absolute atomic E-state index is 0.104. The summed E-state index contributed by atoms with van der Waals surface area (Å²) in [6.45, 7) is 12.6. The zero-order valence-electron chi connectivity index (χ0n) is 21.6. The third-order valence-corrected chi connectivity index (χ3v) is 6.51. The first-order valence-corrected chi connectivity index (χ1v) is 12.3. The van der Waals surface area contributed by atoms with Crippen molar-refractivity contribution in [3.8, 4) is 17.6 Å². The molecule has 4 nitrogen and oxygen atoms in total. The van der Waals surface area contributed by atoms with Gasteiger partial charge in [0, 0.05) is 17.4 Å². The van der Waals surface area contributed by atoms with E-state index in [-0.39, 0.29) is 11.8 Å². The molecule has 0 bridgehead atoms. The molecule has 34 heavy (non-hydrogen) atoms. The van der Waals surface area contributed by atoms with Crippen LogP contribution in [0.3, 0.4) is 0 Å². The molecule has 0 amide bonds. The van der Waals surface area contributed by atoms with Gasteiger partial charge in [-0.15, -0.1) is 0 Å². The summed E-state index contributed by atoms with van der Waals surface area (Å²) in [5.74, 6) is 6.17. The molecule has 2 N–H and O–H groups in total. The van der Waals surface area contributed by atoms with E-state index in [1.165, 1.54) is 11.1 Å². The lowest BCUT2D eigenvalue weighted by Gasteiger charge is -2.34. The number of carboxylic acids is 1. The van der Waals surface area contributed by atoms with E-state index in [0.29, 0.717) is 13.0 Å². The van der Waals surface area contributed by atoms with Gasteiger partial charge >= 0.3 is 5.97 Å². The summed E-state index contributed by atoms with van der Waals surface area (Å²) < 4.78 is 5.99. The second-order valence-corrected chi connectivity index (χ2v) is 9.66. The van der Waals surface area contributed by atoms with E-state index in [1.54, 1.807) is 13.8 Å². The first-order chi connectivity index (χ1) is 16.0. The van der Waals surface area contributed by atoms with Gasteiger partial charge in [-0.05, 0) is 94.2 Å². The number of aliphatic hydroxyl groups is 1. The number of aryl methyl sites for hydroxylation is 2. The number of carbonyl (C=O) groups is 1. The van der Waals surface area contributed by atoms with E-state index < -0.39 is 11.6 Å². The molecule has 0 aliphatic rings. The number of carboxylic acid groups (broad SMARTS) is 1. The van der Waals surface area contributed by atoms with Crippen molar-refractivity contribution in [1.29, 1.82) is 0 Å². The fourth-order valence-electron chi connectivity index (χ4n) is 4.40. The van der Waals surface area contributed by atoms with Crippen LogP contribution in [0.15, 0.2) is 36.4 Å². The minimum Gasteiger partial charge on any atom is -0.493 e. The number of hydrogen-bond donors (Lipinski definition) is 2. The van der Waals surface area contributed by atoms with Gasteiger partial charge in [-0.3, -0.25) is 4.79 Å². The van der Waals surface area contributed by atoms with E-state index in [4.69, 9.17) is 9.84 Å². The highest BCUT2D eigenvalue weighted by atomic mass is 16.5. The smallest absolute Gasteiger partial charge is 0.303 e. The Bertz CT molecular complexity index is 1030. The van der Waals surface area contributed by atoms with Crippen molar-refractivity contribution in [3.05, 3.63) is 64.2 Å². The van der Waals surface area contributed by atoms with Gasteiger partial charge in [-0.25, -0.2) is 0 Å². The van der Waals surface area contributed by atoms with Crippen LogP contribution in [0.25, 0.3) is 0 Å². The molecule has 0 heterocycles. The molecule has 0 aromatic heterocycles. The van der Waals surface area contributed by atoms with Crippen LogP contribution in [-0.4, -0.2) is 28.4 Å². The Labute approximate surface area is 205 Å². The standard InChI is InChI=1S/C30H40O4/c1-7-30(8-2,25-14-13-24(22(3)20-25)17-18-29(5,6)33)26-15-16-27(23(4)21-26)34-19-11-9-10-12-28(31)32/h13-16,20-21,33H,7-12,19H2,1-6H3,(H,31,32). The first-order valence-electron chi connectivity index (χ1n) is 12.3. The van der Waals surface area contributed by atoms with Crippen LogP contribution in [0.1, 0.15) is 94.0 Å². The molecular formula is C30H40O4. The van der Waals surface area contributed by atoms with Gasteiger partial charge in [0.2, 0.25) is 0 Å². The van der Waals surface area contributed by atoms with Gasteiger partial charge in [-0.2, -0.15) is 0 Å². The van der Waals surface area contributed by atoms with Crippen LogP contribution in [0, 0.1) is 25.7 Å². The molecule has 0 unspecified atom stereocenters. The second-order valence-electron chi connectivity index (χ2n) is 9.66. The molecule has 0 saturated carbocycles. The SMILES string of the molecule is CCC(CC)(c1ccc(C#CC(C)(C)O)c(C)c1)c1ccc(OCCCCCC(=O)O)c(C)c1. The van der Waals surface area contributed by atoms with Crippen LogP contribution < -0.4 is 4.74 Å². The summed E-state index contributed by atoms with van der Waals surface area (Å²) in [7, 11) is 0. The Morgan fingerprint density at radius 2 is 1.56 bits per heavy atom. The van der Waals surface area contributed by atoms with Crippen LogP contribution in [-0.2, 0) is 10.2 Å². The van der Waals surface area contributed by atoms with Crippen molar-refractivity contribution in [3.63, 3.8) is 0 Å². The van der Waals surface area contributed by atoms with E-state index in [1.807, 2.05) is 0 Å². The molecule has 0 spiro atoms. The van der Waals surface area contributed by atoms with Crippen molar-refractivity contribution in [2.75, 3.05) is 6.61 Å². The van der Waals surface area contributed by atoms with Crippen molar-refractivity contribution in [1.82, 2.24) is 0 Å². The maximum Gasteiger partial charge on any atom is 0.303 e. The lowest BCUT2D eigenvalue weighted by Crippen LogP contribution is -2.26. The largest absolute Gasteiger partial charge is 0.493 e. The maximum atomic E-state index is 10.6. The summed E-state index contributed by atoms with van der Waals surface area (Å²) in [4.78, 5) is 10.6. The Hall–Kier alpha value is -2.77. The van der Waals surface area contributed by atoms with E-state index in [9.17, 15) is 9.90 Å². The number of benzene rings is 2. The van der Waals surface area contributed by atoms with Gasteiger partial charge < -0.3 is 14.9 Å². The summed E-state index contributed by atoms with van der Waals surface area (Å²) in [5, 5.41) is 18.7. The van der Waals surface area contributed by atoms with Crippen molar-refractivity contribution < 1.29 is 19.7 Å². The summed E-state index contributed by atoms with van der Waals surface area (Å²) in [6, 6.07) is 13.0. The monoisotopic (exact) mass is 464 g/mol. The fraction of sp³-hybridized carbons (Fsp3) is 0.500. The molecule has 0 aliphatic carbocycles. The Morgan fingerprint density at radius 3 is 2.09 bits per heavy atom. The van der Waals surface area contributed by atoms with Crippen molar-refractivity contribution >= 4 is 5.97 Å².